The topological polar surface area (TPSA) is 202 Å². The molecule has 0 aromatic heterocycles. The van der Waals surface area contributed by atoms with Crippen molar-refractivity contribution < 1.29 is 28.7 Å². The third kappa shape index (κ3) is 12.9. The Hall–Kier alpha value is -7.68. The van der Waals surface area contributed by atoms with Gasteiger partial charge in [0.25, 0.3) is 11.8 Å². The number of nitrogen functional groups attached to an aromatic ring is 2. The lowest BCUT2D eigenvalue weighted by Crippen LogP contribution is -2.27. The van der Waals surface area contributed by atoms with Crippen LogP contribution < -0.4 is 38.1 Å². The van der Waals surface area contributed by atoms with E-state index in [1.165, 1.54) is 16.0 Å². The lowest BCUT2D eigenvalue weighted by molar-refractivity contribution is 0.101. The van der Waals surface area contributed by atoms with Crippen molar-refractivity contribution in [3.63, 3.8) is 0 Å². The van der Waals surface area contributed by atoms with Crippen LogP contribution in [0.4, 0.5) is 38.0 Å². The zero-order chi connectivity index (χ0) is 49.5. The zero-order valence-corrected chi connectivity index (χ0v) is 40.3. The molecule has 4 amide bonds. The van der Waals surface area contributed by atoms with E-state index in [0.29, 0.717) is 82.1 Å². The molecule has 8 rings (SSSR count). The number of hydrogen-bond acceptors (Lipinski definition) is 10. The minimum atomic E-state index is -0.607. The number of anilines is 5. The number of nitrogens with one attached hydrogen (secondary N) is 5. The molecular weight excluding hydrogens is 881 g/mol. The van der Waals surface area contributed by atoms with E-state index < -0.39 is 18.1 Å². The van der Waals surface area contributed by atoms with Gasteiger partial charge in [0.2, 0.25) is 0 Å². The Bertz CT molecular complexity index is 2810. The first-order valence-corrected chi connectivity index (χ1v) is 23.8. The molecule has 0 heterocycles. The van der Waals surface area contributed by atoms with Gasteiger partial charge in [0.1, 0.15) is 13.2 Å². The maximum atomic E-state index is 13.4. The van der Waals surface area contributed by atoms with Crippen molar-refractivity contribution in [2.75, 3.05) is 34.5 Å². The first kappa shape index (κ1) is 48.8. The van der Waals surface area contributed by atoms with Crippen LogP contribution >= 0.6 is 0 Å². The van der Waals surface area contributed by atoms with Gasteiger partial charge in [-0.3, -0.25) is 14.9 Å². The van der Waals surface area contributed by atoms with Crippen molar-refractivity contribution in [3.8, 4) is 11.1 Å². The van der Waals surface area contributed by atoms with Crippen molar-refractivity contribution >= 4 is 52.4 Å². The second-order valence-electron chi connectivity index (χ2n) is 18.9. The van der Waals surface area contributed by atoms with E-state index in [1.54, 1.807) is 79.8 Å². The maximum absolute atomic E-state index is 13.4. The summed E-state index contributed by atoms with van der Waals surface area (Å²) in [6, 6.07) is 42.3. The molecular formula is C56H62N8O6. The molecule has 0 saturated heterocycles. The van der Waals surface area contributed by atoms with E-state index in [4.69, 9.17) is 20.9 Å². The van der Waals surface area contributed by atoms with Crippen LogP contribution in [0.15, 0.2) is 133 Å². The average Bonchev–Trinajstić information content (AvgIpc) is 4.29. The van der Waals surface area contributed by atoms with E-state index in [-0.39, 0.29) is 19.1 Å². The van der Waals surface area contributed by atoms with Gasteiger partial charge >= 0.3 is 12.2 Å². The first-order valence-electron chi connectivity index (χ1n) is 23.8. The Morgan fingerprint density at radius 3 is 1.44 bits per heavy atom. The van der Waals surface area contributed by atoms with Gasteiger partial charge in [-0.1, -0.05) is 100 Å². The summed E-state index contributed by atoms with van der Waals surface area (Å²) in [5, 5.41) is 15.7. The summed E-state index contributed by atoms with van der Waals surface area (Å²) in [6.07, 6.45) is 1.21. The fraction of sp³-hybridized carbons (Fsp3) is 0.286. The normalized spacial score (nSPS) is 16.8. The molecule has 0 bridgehead atoms. The van der Waals surface area contributed by atoms with Crippen LogP contribution in [-0.4, -0.2) is 60.1 Å². The molecule has 14 nitrogen and oxygen atoms in total. The molecule has 362 valence electrons. The molecule has 6 aromatic carbocycles. The Kier molecular flexibility index (Phi) is 15.1. The molecule has 6 aromatic rings. The number of carbonyl (C=O) groups excluding carboxylic acids is 4. The molecule has 2 fully saturated rings. The molecule has 2 saturated carbocycles. The van der Waals surface area contributed by atoms with Gasteiger partial charge in [0.05, 0.1) is 22.7 Å². The Labute approximate surface area is 409 Å². The lowest BCUT2D eigenvalue weighted by atomic mass is 10.0. The standard InChI is InChI=1S/C56H62N8O6/c1-33(2)59-49-28-45(49)38-12-8-36(9-13-38)31-69-55(67)61-44-22-18-41(19-23-44)54(66)63-52-27-43(21-25-48(52)58)42-20-24-47(57)51(26-42)62-53(65)40-16-6-35(7-17-40)30-64(5)56(68)70-32-37-10-14-39(15-11-37)46-29-50(46)60-34(3)4/h6-27,33-34,45-46,49-50,59-60H,28-32,57-58H2,1-5H3,(H,61,67)(H,62,65)(H,63,66)/t45-,46?,49+,50?/m1/s1. The summed E-state index contributed by atoms with van der Waals surface area (Å²) in [5.41, 5.74) is 22.0. The molecule has 2 unspecified atom stereocenters. The van der Waals surface area contributed by atoms with Crippen LogP contribution in [0.5, 0.6) is 0 Å². The number of carbonyl (C=O) groups is 4. The Morgan fingerprint density at radius 2 is 0.986 bits per heavy atom. The SMILES string of the molecule is CC(C)NC1CC1c1ccc(COC(=O)N(C)Cc2ccc(C(=O)Nc3cc(-c4ccc(N)c(NC(=O)c5ccc(NC(=O)OCc6ccc([C@H]7C[C@@H]7NC(C)C)cc6)cc5)c4)ccc3N)cc2)cc1. The third-order valence-corrected chi connectivity index (χ3v) is 12.5. The highest BCUT2D eigenvalue weighted by Crippen LogP contribution is 2.42. The highest BCUT2D eigenvalue weighted by Gasteiger charge is 2.39. The van der Waals surface area contributed by atoms with Crippen molar-refractivity contribution in [2.24, 2.45) is 0 Å². The van der Waals surface area contributed by atoms with Gasteiger partial charge in [-0.15, -0.1) is 0 Å². The summed E-state index contributed by atoms with van der Waals surface area (Å²) in [4.78, 5) is 53.7. The van der Waals surface area contributed by atoms with Gasteiger partial charge in [-0.05, 0) is 112 Å². The van der Waals surface area contributed by atoms with E-state index in [2.05, 4.69) is 78.5 Å². The van der Waals surface area contributed by atoms with Gasteiger partial charge < -0.3 is 47.1 Å². The van der Waals surface area contributed by atoms with E-state index in [1.807, 2.05) is 36.4 Å². The van der Waals surface area contributed by atoms with Crippen LogP contribution in [0.25, 0.3) is 11.1 Å². The number of nitrogens with two attached hydrogens (primary N) is 2. The van der Waals surface area contributed by atoms with Crippen molar-refractivity contribution in [1.82, 2.24) is 15.5 Å². The van der Waals surface area contributed by atoms with Crippen LogP contribution in [-0.2, 0) is 29.2 Å². The van der Waals surface area contributed by atoms with Crippen LogP contribution in [0.1, 0.15) is 101 Å². The minimum Gasteiger partial charge on any atom is -0.445 e. The molecule has 70 heavy (non-hydrogen) atoms. The van der Waals surface area contributed by atoms with E-state index >= 15 is 0 Å². The molecule has 2 aliphatic rings. The monoisotopic (exact) mass is 942 g/mol. The number of ether oxygens (including phenoxy) is 2. The first-order chi connectivity index (χ1) is 33.6. The lowest BCUT2D eigenvalue weighted by Gasteiger charge is -2.17. The molecule has 14 heteroatoms. The van der Waals surface area contributed by atoms with Crippen LogP contribution in [0.2, 0.25) is 0 Å². The number of rotatable bonds is 18. The predicted octanol–water partition coefficient (Wildman–Crippen LogP) is 10.2. The summed E-state index contributed by atoms with van der Waals surface area (Å²) in [6.45, 7) is 9.22. The average molecular weight is 943 g/mol. The second kappa shape index (κ2) is 21.7. The molecule has 9 N–H and O–H groups in total. The maximum Gasteiger partial charge on any atom is 0.411 e. The highest BCUT2D eigenvalue weighted by atomic mass is 16.6. The number of amides is 4. The minimum absolute atomic E-state index is 0.128. The number of benzene rings is 6. The van der Waals surface area contributed by atoms with Gasteiger partial charge in [0, 0.05) is 66.4 Å². The second-order valence-corrected chi connectivity index (χ2v) is 18.9. The highest BCUT2D eigenvalue weighted by molar-refractivity contribution is 6.07. The Balaban J connectivity index is 0.794. The molecule has 0 aliphatic heterocycles. The fourth-order valence-corrected chi connectivity index (χ4v) is 8.51. The molecule has 2 aliphatic carbocycles. The summed E-state index contributed by atoms with van der Waals surface area (Å²) < 4.78 is 11.0. The molecule has 0 radical (unpaired) electrons. The quantitative estimate of drug-likeness (QED) is 0.0407. The zero-order valence-electron chi connectivity index (χ0n) is 40.3. The van der Waals surface area contributed by atoms with Crippen LogP contribution in [0.3, 0.4) is 0 Å². The smallest absolute Gasteiger partial charge is 0.411 e. The van der Waals surface area contributed by atoms with Crippen molar-refractivity contribution in [2.45, 2.75) is 96.3 Å². The fourth-order valence-electron chi connectivity index (χ4n) is 8.51. The van der Waals surface area contributed by atoms with Gasteiger partial charge in [-0.25, -0.2) is 9.59 Å². The van der Waals surface area contributed by atoms with Crippen molar-refractivity contribution in [3.05, 3.63) is 172 Å². The summed E-state index contributed by atoms with van der Waals surface area (Å²) in [5.74, 6) is 0.284. The van der Waals surface area contributed by atoms with Gasteiger partial charge in [0.15, 0.2) is 0 Å². The summed E-state index contributed by atoms with van der Waals surface area (Å²) >= 11 is 0. The van der Waals surface area contributed by atoms with E-state index in [9.17, 15) is 19.2 Å². The largest absolute Gasteiger partial charge is 0.445 e. The molecule has 4 atom stereocenters. The predicted molar refractivity (Wildman–Crippen MR) is 277 cm³/mol. The summed E-state index contributed by atoms with van der Waals surface area (Å²) in [7, 11) is 1.67. The number of nitrogens with zero attached hydrogens (tertiary/aromatic N) is 1. The molecule has 0 spiro atoms. The van der Waals surface area contributed by atoms with Crippen molar-refractivity contribution in [1.29, 1.82) is 0 Å². The number of hydrogen-bond donors (Lipinski definition) is 7. The van der Waals surface area contributed by atoms with E-state index in [0.717, 1.165) is 40.7 Å². The van der Waals surface area contributed by atoms with Gasteiger partial charge in [-0.2, -0.15) is 0 Å². The van der Waals surface area contributed by atoms with Crippen LogP contribution in [0, 0.1) is 0 Å². The third-order valence-electron chi connectivity index (χ3n) is 12.5. The Morgan fingerprint density at radius 1 is 0.557 bits per heavy atom.